The first-order chi connectivity index (χ1) is 20.5. The van der Waals surface area contributed by atoms with E-state index in [1.807, 2.05) is 37.3 Å². The number of carbonyl (C=O) groups is 1. The Balaban J connectivity index is 0.00000135. The highest BCUT2D eigenvalue weighted by Crippen LogP contribution is 2.50. The van der Waals surface area contributed by atoms with Gasteiger partial charge in [-0.1, -0.05) is 55.0 Å². The van der Waals surface area contributed by atoms with Crippen molar-refractivity contribution >= 4 is 22.4 Å². The third-order valence-corrected chi connectivity index (χ3v) is 9.30. The molecule has 13 heteroatoms. The average Bonchev–Trinajstić information content (AvgIpc) is 3.21. The number of carbonyl (C=O) groups excluding carboxylic acids is 3. The summed E-state index contributed by atoms with van der Waals surface area (Å²) in [5.74, 6) is -0.109. The van der Waals surface area contributed by atoms with Crippen molar-refractivity contribution < 1.29 is 36.8 Å². The summed E-state index contributed by atoms with van der Waals surface area (Å²) in [6, 6.07) is 15.7. The predicted octanol–water partition coefficient (Wildman–Crippen LogP) is 3.34. The first kappa shape index (κ1) is 31.6. The zero-order chi connectivity index (χ0) is 31.3. The van der Waals surface area contributed by atoms with E-state index >= 15 is 0 Å². The fourth-order valence-electron chi connectivity index (χ4n) is 5.57. The fraction of sp³-hybridized carbons (Fsp3) is 0.400. The first-order valence-electron chi connectivity index (χ1n) is 13.8. The van der Waals surface area contributed by atoms with Crippen molar-refractivity contribution in [3.63, 3.8) is 0 Å². The highest BCUT2D eigenvalue weighted by atomic mass is 32.2. The standard InChI is InChI=1S/C29H33N3O7S.CO2/c1-3-23-24(33)25(34)32-18-28(19-39-40(36,37)22-11-9-20(2)10-12-22)13-15-29(16-14-28,26(32)30-23)31-27(35)38-17-21-7-5-4-6-8-21;2-1-3/h4-12,33H,3,13-19H2,1-2H3,(H,31,35);. The number of aromatic hydroxyl groups is 1. The molecule has 0 unspecified atom stereocenters. The average molecular weight is 612 g/mol. The highest BCUT2D eigenvalue weighted by molar-refractivity contribution is 7.86. The lowest BCUT2D eigenvalue weighted by Gasteiger charge is -2.41. The summed E-state index contributed by atoms with van der Waals surface area (Å²) in [6.07, 6.45) is 1.62. The molecule has 1 saturated carbocycles. The maximum atomic E-state index is 13.4. The van der Waals surface area contributed by atoms with E-state index in [1.165, 1.54) is 16.7 Å². The molecule has 3 aliphatic rings. The van der Waals surface area contributed by atoms with Crippen LogP contribution in [0.5, 0.6) is 5.75 Å². The van der Waals surface area contributed by atoms with Gasteiger partial charge in [-0.25, -0.2) is 9.78 Å². The van der Waals surface area contributed by atoms with Gasteiger partial charge in [-0.05, 0) is 56.7 Å². The molecule has 12 nitrogen and oxygen atoms in total. The van der Waals surface area contributed by atoms with Crippen LogP contribution in [0.25, 0.3) is 0 Å². The Morgan fingerprint density at radius 1 is 1.07 bits per heavy atom. The Kier molecular flexibility index (Phi) is 9.49. The van der Waals surface area contributed by atoms with Crippen LogP contribution in [0.3, 0.4) is 0 Å². The summed E-state index contributed by atoms with van der Waals surface area (Å²) in [6.45, 7) is 3.67. The Morgan fingerprint density at radius 3 is 2.30 bits per heavy atom. The summed E-state index contributed by atoms with van der Waals surface area (Å²) in [5, 5.41) is 13.6. The largest absolute Gasteiger partial charge is 0.502 e. The van der Waals surface area contributed by atoms with E-state index in [1.54, 1.807) is 19.1 Å². The van der Waals surface area contributed by atoms with Crippen molar-refractivity contribution in [1.29, 1.82) is 0 Å². The maximum Gasteiger partial charge on any atom is 0.408 e. The lowest BCUT2D eigenvalue weighted by Crippen LogP contribution is -2.50. The molecule has 0 atom stereocenters. The SMILES string of the molecule is CCc1nc2n(c(=O)c1O)CC1(COS(=O)(=O)c3ccc(C)cc3)CCC2(NC(=O)OCc2ccccc2)CC1.O=C=O. The lowest BCUT2D eigenvalue weighted by atomic mass is 9.69. The molecule has 2 aromatic carbocycles. The number of fused-ring (bicyclic) bond motifs is 2. The van der Waals surface area contributed by atoms with Gasteiger partial charge in [0, 0.05) is 12.0 Å². The molecule has 3 heterocycles. The fourth-order valence-corrected chi connectivity index (χ4v) is 6.58. The van der Waals surface area contributed by atoms with Gasteiger partial charge in [0.2, 0.25) is 5.75 Å². The Morgan fingerprint density at radius 2 is 1.70 bits per heavy atom. The molecule has 0 radical (unpaired) electrons. The third-order valence-electron chi connectivity index (χ3n) is 8.02. The van der Waals surface area contributed by atoms with E-state index < -0.39 is 38.5 Å². The summed E-state index contributed by atoms with van der Waals surface area (Å²) in [7, 11) is -4.04. The molecule has 6 rings (SSSR count). The van der Waals surface area contributed by atoms with E-state index in [-0.39, 0.29) is 36.5 Å². The number of rotatable bonds is 8. The van der Waals surface area contributed by atoms with Crippen molar-refractivity contribution in [2.75, 3.05) is 6.61 Å². The third kappa shape index (κ3) is 6.85. The van der Waals surface area contributed by atoms with E-state index in [2.05, 4.69) is 10.3 Å². The summed E-state index contributed by atoms with van der Waals surface area (Å²) in [4.78, 5) is 47.3. The van der Waals surface area contributed by atoms with Crippen LogP contribution in [0.15, 0.2) is 64.3 Å². The zero-order valence-electron chi connectivity index (χ0n) is 23.9. The smallest absolute Gasteiger partial charge is 0.408 e. The number of benzene rings is 2. The molecular formula is C30H33N3O9S. The Hall–Kier alpha value is -4.32. The molecule has 0 saturated heterocycles. The number of amides is 1. The van der Waals surface area contributed by atoms with Crippen molar-refractivity contribution in [3.05, 3.63) is 87.6 Å². The minimum atomic E-state index is -4.04. The predicted molar refractivity (Wildman–Crippen MR) is 151 cm³/mol. The molecule has 1 aromatic heterocycles. The first-order valence-corrected chi connectivity index (χ1v) is 15.2. The Bertz CT molecular complexity index is 1660. The number of hydrogen-bond acceptors (Lipinski definition) is 10. The van der Waals surface area contributed by atoms with Crippen molar-refractivity contribution in [2.45, 2.75) is 69.5 Å². The van der Waals surface area contributed by atoms with Crippen molar-refractivity contribution in [2.24, 2.45) is 5.41 Å². The molecular weight excluding hydrogens is 578 g/mol. The van der Waals surface area contributed by atoms with E-state index in [9.17, 15) is 23.1 Å². The van der Waals surface area contributed by atoms with Gasteiger partial charge in [0.05, 0.1) is 17.2 Å². The minimum Gasteiger partial charge on any atom is -0.502 e. The van der Waals surface area contributed by atoms with Crippen molar-refractivity contribution in [3.8, 4) is 5.75 Å². The summed E-state index contributed by atoms with van der Waals surface area (Å²) in [5.41, 5.74) is -0.380. The van der Waals surface area contributed by atoms with Gasteiger partial charge in [-0.2, -0.15) is 18.0 Å². The van der Waals surface area contributed by atoms with Crippen LogP contribution in [0.1, 0.15) is 55.3 Å². The number of ether oxygens (including phenoxy) is 1. The molecule has 228 valence electrons. The summed E-state index contributed by atoms with van der Waals surface area (Å²) >= 11 is 0. The lowest BCUT2D eigenvalue weighted by molar-refractivity contribution is -0.191. The van der Waals surface area contributed by atoms with Crippen LogP contribution in [-0.4, -0.2) is 41.9 Å². The van der Waals surface area contributed by atoms with Gasteiger partial charge < -0.3 is 15.2 Å². The Labute approximate surface area is 248 Å². The molecule has 2 N–H and O–H groups in total. The zero-order valence-corrected chi connectivity index (χ0v) is 24.7. The van der Waals surface area contributed by atoms with Gasteiger partial charge in [0.15, 0.2) is 0 Å². The quantitative estimate of drug-likeness (QED) is 0.360. The van der Waals surface area contributed by atoms with E-state index in [0.717, 1.165) is 11.1 Å². The van der Waals surface area contributed by atoms with Crippen LogP contribution in [0, 0.1) is 12.3 Å². The highest BCUT2D eigenvalue weighted by Gasteiger charge is 2.52. The van der Waals surface area contributed by atoms with Crippen molar-refractivity contribution in [1.82, 2.24) is 14.9 Å². The molecule has 1 aliphatic carbocycles. The second-order valence-corrected chi connectivity index (χ2v) is 12.5. The molecule has 2 aliphatic heterocycles. The second kappa shape index (κ2) is 12.9. The maximum absolute atomic E-state index is 13.4. The number of nitrogens with zero attached hydrogens (tertiary/aromatic N) is 2. The van der Waals surface area contributed by atoms with Gasteiger partial charge in [-0.3, -0.25) is 13.5 Å². The van der Waals surface area contributed by atoms with Gasteiger partial charge in [-0.15, -0.1) is 0 Å². The summed E-state index contributed by atoms with van der Waals surface area (Å²) < 4.78 is 38.4. The van der Waals surface area contributed by atoms with Crippen LogP contribution >= 0.6 is 0 Å². The minimum absolute atomic E-state index is 0.0561. The van der Waals surface area contributed by atoms with Crippen LogP contribution in [-0.2, 0) is 53.7 Å². The van der Waals surface area contributed by atoms with Crippen LogP contribution < -0.4 is 10.9 Å². The van der Waals surface area contributed by atoms with Gasteiger partial charge in [0.25, 0.3) is 15.7 Å². The molecule has 43 heavy (non-hydrogen) atoms. The monoisotopic (exact) mass is 611 g/mol. The second-order valence-electron chi connectivity index (χ2n) is 10.9. The van der Waals surface area contributed by atoms with E-state index in [4.69, 9.17) is 18.5 Å². The number of hydrogen-bond donors (Lipinski definition) is 2. The molecule has 3 aromatic rings. The number of alkyl carbamates (subject to hydrolysis) is 1. The van der Waals surface area contributed by atoms with Gasteiger partial charge >= 0.3 is 12.2 Å². The van der Waals surface area contributed by atoms with Crippen LogP contribution in [0.2, 0.25) is 0 Å². The van der Waals surface area contributed by atoms with Crippen LogP contribution in [0.4, 0.5) is 4.79 Å². The molecule has 2 bridgehead atoms. The molecule has 0 spiro atoms. The molecule has 1 amide bonds. The number of nitrogens with one attached hydrogen (secondary N) is 1. The number of aromatic nitrogens is 2. The molecule has 1 fully saturated rings. The number of aryl methyl sites for hydroxylation is 2. The van der Waals surface area contributed by atoms with E-state index in [0.29, 0.717) is 37.9 Å². The normalized spacial score (nSPS) is 20.5. The topological polar surface area (TPSA) is 171 Å². The van der Waals surface area contributed by atoms with Gasteiger partial charge in [0.1, 0.15) is 18.0 Å².